The highest BCUT2D eigenvalue weighted by Gasteiger charge is 2.33. The largest absolute Gasteiger partial charge is 0.256 e. The van der Waals surface area contributed by atoms with Crippen molar-refractivity contribution < 1.29 is 0 Å². The molecule has 8 nitrogen and oxygen atoms in total. The molecule has 2 aromatic heterocycles. The SMILES string of the molecule is CC1=NN(/C(=N/c2nnc(C)s2)n2cnnc2)[C@@H](c2cccc3ccccc23)S1. The van der Waals surface area contributed by atoms with Crippen LogP contribution in [0.1, 0.15) is 22.9 Å². The van der Waals surface area contributed by atoms with Crippen molar-refractivity contribution in [3.05, 3.63) is 65.7 Å². The van der Waals surface area contributed by atoms with Gasteiger partial charge in [-0.3, -0.25) is 4.57 Å². The Labute approximate surface area is 175 Å². The Morgan fingerprint density at radius 1 is 1.00 bits per heavy atom. The summed E-state index contributed by atoms with van der Waals surface area (Å²) in [6, 6.07) is 14.7. The van der Waals surface area contributed by atoms with Gasteiger partial charge in [-0.25, -0.2) is 5.01 Å². The summed E-state index contributed by atoms with van der Waals surface area (Å²) in [5, 5.41) is 27.5. The van der Waals surface area contributed by atoms with E-state index >= 15 is 0 Å². The number of rotatable bonds is 2. The number of aliphatic imine (C=N–C) groups is 1. The number of benzene rings is 2. The van der Waals surface area contributed by atoms with Crippen LogP contribution in [0, 0.1) is 6.92 Å². The number of aromatic nitrogens is 5. The number of fused-ring (bicyclic) bond motifs is 1. The van der Waals surface area contributed by atoms with Crippen LogP contribution in [0.2, 0.25) is 0 Å². The summed E-state index contributed by atoms with van der Waals surface area (Å²) >= 11 is 3.12. The number of hydrogen-bond acceptors (Lipinski definition) is 8. The minimum Gasteiger partial charge on any atom is -0.256 e. The van der Waals surface area contributed by atoms with Gasteiger partial charge in [-0.05, 0) is 30.2 Å². The normalized spacial score (nSPS) is 17.2. The van der Waals surface area contributed by atoms with E-state index in [0.29, 0.717) is 11.1 Å². The molecule has 144 valence electrons. The highest BCUT2D eigenvalue weighted by Crippen LogP contribution is 2.42. The van der Waals surface area contributed by atoms with Crippen LogP contribution in [0.25, 0.3) is 10.8 Å². The third-order valence-electron chi connectivity index (χ3n) is 4.41. The van der Waals surface area contributed by atoms with Crippen molar-refractivity contribution in [2.24, 2.45) is 10.1 Å². The first-order chi connectivity index (χ1) is 14.2. The van der Waals surface area contributed by atoms with Gasteiger partial charge >= 0.3 is 0 Å². The molecule has 10 heteroatoms. The third kappa shape index (κ3) is 3.40. The van der Waals surface area contributed by atoms with E-state index in [1.54, 1.807) is 29.0 Å². The predicted molar refractivity (Wildman–Crippen MR) is 116 cm³/mol. The number of nitrogens with zero attached hydrogens (tertiary/aromatic N) is 8. The Kier molecular flexibility index (Phi) is 4.57. The van der Waals surface area contributed by atoms with Crippen LogP contribution < -0.4 is 0 Å². The van der Waals surface area contributed by atoms with E-state index < -0.39 is 0 Å². The summed E-state index contributed by atoms with van der Waals surface area (Å²) in [7, 11) is 0. The molecule has 1 aliphatic rings. The van der Waals surface area contributed by atoms with E-state index in [4.69, 9.17) is 10.1 Å². The van der Waals surface area contributed by atoms with Crippen LogP contribution in [-0.4, -0.2) is 41.0 Å². The highest BCUT2D eigenvalue weighted by atomic mass is 32.2. The first-order valence-electron chi connectivity index (χ1n) is 8.91. The molecule has 0 spiro atoms. The van der Waals surface area contributed by atoms with Crippen molar-refractivity contribution in [1.82, 2.24) is 30.0 Å². The summed E-state index contributed by atoms with van der Waals surface area (Å²) in [6.45, 7) is 3.91. The van der Waals surface area contributed by atoms with Crippen molar-refractivity contribution in [1.29, 1.82) is 0 Å². The lowest BCUT2D eigenvalue weighted by Gasteiger charge is -2.25. The fourth-order valence-electron chi connectivity index (χ4n) is 3.20. The third-order valence-corrected chi connectivity index (χ3v) is 6.24. The topological polar surface area (TPSA) is 84.5 Å². The van der Waals surface area contributed by atoms with Gasteiger partial charge in [-0.1, -0.05) is 65.6 Å². The van der Waals surface area contributed by atoms with Gasteiger partial charge in [0.15, 0.2) is 0 Å². The number of aryl methyl sites for hydroxylation is 1. The van der Waals surface area contributed by atoms with Crippen molar-refractivity contribution >= 4 is 50.0 Å². The van der Waals surface area contributed by atoms with Crippen LogP contribution in [0.4, 0.5) is 5.13 Å². The fraction of sp³-hybridized carbons (Fsp3) is 0.158. The minimum absolute atomic E-state index is 0.0729. The number of hydrazone groups is 1. The van der Waals surface area contributed by atoms with Crippen LogP contribution in [0.15, 0.2) is 65.2 Å². The van der Waals surface area contributed by atoms with E-state index in [1.807, 2.05) is 18.9 Å². The molecule has 0 bridgehead atoms. The quantitative estimate of drug-likeness (QED) is 0.357. The molecule has 0 saturated carbocycles. The van der Waals surface area contributed by atoms with E-state index in [0.717, 1.165) is 10.1 Å². The van der Waals surface area contributed by atoms with Crippen molar-refractivity contribution in [3.63, 3.8) is 0 Å². The molecule has 1 aliphatic heterocycles. The van der Waals surface area contributed by atoms with Gasteiger partial charge in [0, 0.05) is 0 Å². The molecule has 4 aromatic rings. The Morgan fingerprint density at radius 3 is 2.59 bits per heavy atom. The molecule has 0 saturated heterocycles. The second-order valence-corrected chi connectivity index (χ2v) is 8.82. The Hall–Kier alpha value is -3.11. The monoisotopic (exact) mass is 420 g/mol. The maximum absolute atomic E-state index is 4.77. The molecule has 0 unspecified atom stereocenters. The van der Waals surface area contributed by atoms with Gasteiger partial charge in [-0.2, -0.15) is 10.1 Å². The summed E-state index contributed by atoms with van der Waals surface area (Å²) < 4.78 is 1.75. The average Bonchev–Trinajstić information content (AvgIpc) is 3.47. The zero-order valence-corrected chi connectivity index (χ0v) is 17.3. The molecule has 0 amide bonds. The van der Waals surface area contributed by atoms with Gasteiger partial charge < -0.3 is 0 Å². The molecule has 5 rings (SSSR count). The lowest BCUT2D eigenvalue weighted by Crippen LogP contribution is -2.31. The second-order valence-electron chi connectivity index (χ2n) is 6.39. The Balaban J connectivity index is 1.65. The van der Waals surface area contributed by atoms with Crippen molar-refractivity contribution in [2.75, 3.05) is 0 Å². The first-order valence-corrected chi connectivity index (χ1v) is 10.6. The smallest absolute Gasteiger partial charge is 0.237 e. The van der Waals surface area contributed by atoms with E-state index in [1.165, 1.54) is 27.7 Å². The fourth-order valence-corrected chi connectivity index (χ4v) is 4.78. The average molecular weight is 421 g/mol. The van der Waals surface area contributed by atoms with E-state index in [9.17, 15) is 0 Å². The molecular formula is C19H16N8S2. The first kappa shape index (κ1) is 18.0. The molecule has 3 heterocycles. The van der Waals surface area contributed by atoms with E-state index in [2.05, 4.69) is 62.9 Å². The molecule has 0 radical (unpaired) electrons. The number of hydrogen-bond donors (Lipinski definition) is 0. The van der Waals surface area contributed by atoms with E-state index in [-0.39, 0.29) is 5.37 Å². The summed E-state index contributed by atoms with van der Waals surface area (Å²) in [6.07, 6.45) is 3.22. The highest BCUT2D eigenvalue weighted by molar-refractivity contribution is 8.14. The zero-order valence-electron chi connectivity index (χ0n) is 15.7. The molecule has 0 aliphatic carbocycles. The lowest BCUT2D eigenvalue weighted by atomic mass is 10.0. The lowest BCUT2D eigenvalue weighted by molar-refractivity contribution is 0.426. The summed E-state index contributed by atoms with van der Waals surface area (Å²) in [4.78, 5) is 4.74. The van der Waals surface area contributed by atoms with Crippen LogP contribution in [0.5, 0.6) is 0 Å². The van der Waals surface area contributed by atoms with Crippen molar-refractivity contribution in [2.45, 2.75) is 19.2 Å². The van der Waals surface area contributed by atoms with Gasteiger partial charge in [0.25, 0.3) is 0 Å². The molecule has 2 aromatic carbocycles. The molecule has 1 atom stereocenters. The molecule has 0 fully saturated rings. The van der Waals surface area contributed by atoms with Gasteiger partial charge in [0.05, 0.1) is 5.04 Å². The van der Waals surface area contributed by atoms with Gasteiger partial charge in [-0.15, -0.1) is 20.4 Å². The van der Waals surface area contributed by atoms with Gasteiger partial charge in [0.1, 0.15) is 23.0 Å². The second kappa shape index (κ2) is 7.37. The molecule has 29 heavy (non-hydrogen) atoms. The Morgan fingerprint density at radius 2 is 1.79 bits per heavy atom. The molecular weight excluding hydrogens is 404 g/mol. The minimum atomic E-state index is -0.0729. The predicted octanol–water partition coefficient (Wildman–Crippen LogP) is 4.21. The standard InChI is InChI=1S/C19H16N8S2/c1-12-23-24-18(29-12)22-19(26-10-20-21-11-26)27-17(28-13(2)25-27)16-9-5-7-14-6-3-4-8-15(14)16/h3-11,17H,1-2H3/b22-19+/t17-/m1/s1. The summed E-state index contributed by atoms with van der Waals surface area (Å²) in [5.41, 5.74) is 1.17. The maximum atomic E-state index is 4.77. The van der Waals surface area contributed by atoms with Crippen LogP contribution in [0.3, 0.4) is 0 Å². The summed E-state index contributed by atoms with van der Waals surface area (Å²) in [5.74, 6) is 0.577. The zero-order chi connectivity index (χ0) is 19.8. The van der Waals surface area contributed by atoms with Crippen molar-refractivity contribution in [3.8, 4) is 0 Å². The Bertz CT molecular complexity index is 1220. The number of thioether (sulfide) groups is 1. The van der Waals surface area contributed by atoms with Crippen LogP contribution in [-0.2, 0) is 0 Å². The van der Waals surface area contributed by atoms with Gasteiger partial charge in [0.2, 0.25) is 11.1 Å². The van der Waals surface area contributed by atoms with Crippen LogP contribution >= 0.6 is 23.1 Å². The molecule has 0 N–H and O–H groups in total. The maximum Gasteiger partial charge on any atom is 0.237 e.